The van der Waals surface area contributed by atoms with Gasteiger partial charge in [0.2, 0.25) is 0 Å². The maximum atomic E-state index is 14.9. The van der Waals surface area contributed by atoms with Crippen molar-refractivity contribution in [1.29, 1.82) is 0 Å². The van der Waals surface area contributed by atoms with E-state index in [0.29, 0.717) is 41.0 Å². The van der Waals surface area contributed by atoms with Gasteiger partial charge < -0.3 is 10.1 Å². The summed E-state index contributed by atoms with van der Waals surface area (Å²) in [4.78, 5) is 7.46. The molecule has 2 fully saturated rings. The molecule has 3 aliphatic rings. The van der Waals surface area contributed by atoms with Gasteiger partial charge in [-0.1, -0.05) is 0 Å². The van der Waals surface area contributed by atoms with Gasteiger partial charge >= 0.3 is 0 Å². The topological polar surface area (TPSA) is 54.7 Å². The predicted octanol–water partition coefficient (Wildman–Crippen LogP) is 5.00. The predicted molar refractivity (Wildman–Crippen MR) is 127 cm³/mol. The Bertz CT molecular complexity index is 1170. The largest absolute Gasteiger partial charge is 0.493 e. The molecule has 4 bridgehead atoms. The third-order valence-electron chi connectivity index (χ3n) is 7.74. The Morgan fingerprint density at radius 1 is 1.12 bits per heavy atom. The smallest absolute Gasteiger partial charge is 0.165 e. The molecule has 6 nitrogen and oxygen atoms in total. The fourth-order valence-electron chi connectivity index (χ4n) is 5.87. The van der Waals surface area contributed by atoms with Crippen LogP contribution < -0.4 is 10.1 Å². The number of benzene rings is 1. The summed E-state index contributed by atoms with van der Waals surface area (Å²) in [7, 11) is 0. The van der Waals surface area contributed by atoms with Crippen molar-refractivity contribution in [1.82, 2.24) is 19.5 Å². The number of halogens is 1. The first-order valence-electron chi connectivity index (χ1n) is 12.3. The lowest BCUT2D eigenvalue weighted by Gasteiger charge is -2.50. The van der Waals surface area contributed by atoms with Gasteiger partial charge in [-0.25, -0.2) is 13.9 Å². The Hall–Kier alpha value is -2.67. The number of nitrogens with zero attached hydrogens (tertiary/aromatic N) is 4. The first-order chi connectivity index (χ1) is 16.0. The molecule has 2 aromatic heterocycles. The molecule has 1 saturated heterocycles. The van der Waals surface area contributed by atoms with E-state index in [4.69, 9.17) is 9.72 Å². The van der Waals surface area contributed by atoms with Gasteiger partial charge in [0, 0.05) is 47.9 Å². The van der Waals surface area contributed by atoms with Crippen LogP contribution in [0.25, 0.3) is 16.8 Å². The fraction of sp³-hybridized carbons (Fsp3) is 0.538. The molecule has 2 aliphatic heterocycles. The zero-order chi connectivity index (χ0) is 22.6. The summed E-state index contributed by atoms with van der Waals surface area (Å²) < 4.78 is 22.9. The minimum atomic E-state index is -0.293. The quantitative estimate of drug-likeness (QED) is 0.567. The van der Waals surface area contributed by atoms with E-state index < -0.39 is 0 Å². The number of aromatic nitrogens is 3. The second-order valence-electron chi connectivity index (χ2n) is 10.6. The molecule has 0 spiro atoms. The average molecular weight is 450 g/mol. The van der Waals surface area contributed by atoms with Crippen molar-refractivity contribution in [3.63, 3.8) is 0 Å². The van der Waals surface area contributed by atoms with Crippen LogP contribution >= 0.6 is 0 Å². The summed E-state index contributed by atoms with van der Waals surface area (Å²) >= 11 is 0. The molecule has 1 aliphatic carbocycles. The third kappa shape index (κ3) is 3.97. The van der Waals surface area contributed by atoms with E-state index in [1.165, 1.54) is 25.3 Å². The molecular weight excluding hydrogens is 417 g/mol. The first-order valence-corrected chi connectivity index (χ1v) is 12.3. The van der Waals surface area contributed by atoms with E-state index >= 15 is 0 Å². The van der Waals surface area contributed by atoms with Gasteiger partial charge in [-0.2, -0.15) is 5.10 Å². The standard InChI is InChI=1S/C26H32FN5O/c1-26(2)13-17-4-3-10-28-24-9-11-32-25(30-24)22(14-29-32)21-12-20(7-8-23(21)27)33-16-18(17)15-31(26)19-5-6-19/h7-9,11-12,14,17-19H,3-6,10,13,15-16H2,1-2H3,(H,28,30)/t17?,18-/m0/s1. The molecule has 1 N–H and O–H groups in total. The number of anilines is 1. The third-order valence-corrected chi connectivity index (χ3v) is 7.74. The van der Waals surface area contributed by atoms with Gasteiger partial charge in [0.05, 0.1) is 12.8 Å². The van der Waals surface area contributed by atoms with Gasteiger partial charge in [0.15, 0.2) is 5.65 Å². The Kier molecular flexibility index (Phi) is 5.05. The number of hydrogen-bond acceptors (Lipinski definition) is 5. The van der Waals surface area contributed by atoms with Crippen molar-refractivity contribution < 1.29 is 9.13 Å². The summed E-state index contributed by atoms with van der Waals surface area (Å²) in [6, 6.07) is 7.70. The molecule has 6 rings (SSSR count). The van der Waals surface area contributed by atoms with Crippen molar-refractivity contribution in [2.75, 3.05) is 25.0 Å². The highest BCUT2D eigenvalue weighted by molar-refractivity contribution is 5.78. The Morgan fingerprint density at radius 3 is 2.85 bits per heavy atom. The van der Waals surface area contributed by atoms with Crippen LogP contribution in [0.4, 0.5) is 10.2 Å². The molecule has 1 unspecified atom stereocenters. The molecule has 0 amide bonds. The molecule has 4 heterocycles. The monoisotopic (exact) mass is 449 g/mol. The molecule has 7 heteroatoms. The zero-order valence-electron chi connectivity index (χ0n) is 19.4. The first kappa shape index (κ1) is 20.9. The van der Waals surface area contributed by atoms with Crippen molar-refractivity contribution >= 4 is 11.5 Å². The highest BCUT2D eigenvalue weighted by atomic mass is 19.1. The number of piperidine rings is 1. The van der Waals surface area contributed by atoms with E-state index in [0.717, 1.165) is 37.8 Å². The maximum absolute atomic E-state index is 14.9. The molecule has 3 aromatic rings. The zero-order valence-corrected chi connectivity index (χ0v) is 19.4. The van der Waals surface area contributed by atoms with Crippen LogP contribution in [0.3, 0.4) is 0 Å². The van der Waals surface area contributed by atoms with Crippen molar-refractivity contribution in [2.24, 2.45) is 11.8 Å². The number of rotatable bonds is 1. The van der Waals surface area contributed by atoms with Crippen LogP contribution in [0, 0.1) is 17.7 Å². The van der Waals surface area contributed by atoms with Crippen LogP contribution in [0.5, 0.6) is 5.75 Å². The van der Waals surface area contributed by atoms with Gasteiger partial charge in [-0.3, -0.25) is 4.90 Å². The maximum Gasteiger partial charge on any atom is 0.165 e. The highest BCUT2D eigenvalue weighted by Crippen LogP contribution is 2.43. The summed E-state index contributed by atoms with van der Waals surface area (Å²) in [5.74, 6) is 2.29. The number of hydrogen-bond donors (Lipinski definition) is 1. The highest BCUT2D eigenvalue weighted by Gasteiger charge is 2.46. The minimum Gasteiger partial charge on any atom is -0.493 e. The SMILES string of the molecule is CC1(C)CC2CCCNc3ccn4ncc(c4n3)-c3cc(ccc3F)OC[C@@H]2CN1C1CC1. The Labute approximate surface area is 194 Å². The molecule has 1 aromatic carbocycles. The van der Waals surface area contributed by atoms with Crippen LogP contribution in [-0.4, -0.2) is 50.8 Å². The van der Waals surface area contributed by atoms with E-state index in [-0.39, 0.29) is 11.4 Å². The molecule has 1 saturated carbocycles. The van der Waals surface area contributed by atoms with Crippen LogP contribution in [-0.2, 0) is 0 Å². The van der Waals surface area contributed by atoms with E-state index in [1.54, 1.807) is 22.8 Å². The van der Waals surface area contributed by atoms with Crippen molar-refractivity contribution in [3.05, 3.63) is 42.5 Å². The molecule has 2 atom stereocenters. The second-order valence-corrected chi connectivity index (χ2v) is 10.6. The van der Waals surface area contributed by atoms with E-state index in [2.05, 4.69) is 29.2 Å². The second kappa shape index (κ2) is 7.97. The van der Waals surface area contributed by atoms with E-state index in [1.807, 2.05) is 12.3 Å². The number of likely N-dealkylation sites (tertiary alicyclic amines) is 1. The van der Waals surface area contributed by atoms with Crippen LogP contribution in [0.2, 0.25) is 0 Å². The molecular formula is C26H32FN5O. The fourth-order valence-corrected chi connectivity index (χ4v) is 5.87. The lowest BCUT2D eigenvalue weighted by Crippen LogP contribution is -2.55. The number of nitrogens with one attached hydrogen (secondary N) is 1. The molecule has 0 radical (unpaired) electrons. The normalized spacial score (nSPS) is 25.5. The van der Waals surface area contributed by atoms with Crippen LogP contribution in [0.15, 0.2) is 36.7 Å². The Balaban J connectivity index is 1.35. The van der Waals surface area contributed by atoms with Crippen LogP contribution in [0.1, 0.15) is 46.0 Å². The van der Waals surface area contributed by atoms with Gasteiger partial charge in [-0.05, 0) is 76.1 Å². The Morgan fingerprint density at radius 2 is 2.00 bits per heavy atom. The average Bonchev–Trinajstić information content (AvgIpc) is 3.55. The summed E-state index contributed by atoms with van der Waals surface area (Å²) in [6.07, 6.45) is 9.63. The lowest BCUT2D eigenvalue weighted by atomic mass is 9.74. The van der Waals surface area contributed by atoms with E-state index in [9.17, 15) is 4.39 Å². The van der Waals surface area contributed by atoms with Gasteiger partial charge in [0.25, 0.3) is 0 Å². The summed E-state index contributed by atoms with van der Waals surface area (Å²) in [5, 5.41) is 7.85. The van der Waals surface area contributed by atoms with Crippen molar-refractivity contribution in [2.45, 2.75) is 57.5 Å². The number of ether oxygens (including phenoxy) is 1. The van der Waals surface area contributed by atoms with Gasteiger partial charge in [-0.15, -0.1) is 0 Å². The number of fused-ring (bicyclic) bond motifs is 5. The molecule has 33 heavy (non-hydrogen) atoms. The lowest BCUT2D eigenvalue weighted by molar-refractivity contribution is -0.0168. The van der Waals surface area contributed by atoms with Crippen molar-refractivity contribution in [3.8, 4) is 16.9 Å². The summed E-state index contributed by atoms with van der Waals surface area (Å²) in [5.41, 5.74) is 2.02. The van der Waals surface area contributed by atoms with Gasteiger partial charge in [0.1, 0.15) is 17.4 Å². The molecule has 174 valence electrons. The summed E-state index contributed by atoms with van der Waals surface area (Å²) in [6.45, 7) is 7.43. The minimum absolute atomic E-state index is 0.228.